The van der Waals surface area contributed by atoms with Crippen LogP contribution in [-0.2, 0) is 14.9 Å². The quantitative estimate of drug-likeness (QED) is 0.752. The first kappa shape index (κ1) is 21.4. The number of benzene rings is 2. The van der Waals surface area contributed by atoms with Crippen LogP contribution in [0.3, 0.4) is 0 Å². The molecule has 160 valence electrons. The highest BCUT2D eigenvalue weighted by Gasteiger charge is 2.43. The van der Waals surface area contributed by atoms with Crippen LogP contribution in [0.25, 0.3) is 0 Å². The topological polar surface area (TPSA) is 44.8 Å². The predicted octanol–water partition coefficient (Wildman–Crippen LogP) is 4.43. The monoisotopic (exact) mass is 447 g/mol. The third-order valence-corrected chi connectivity index (χ3v) is 6.85. The normalized spacial score (nSPS) is 19.5. The highest BCUT2D eigenvalue weighted by atomic mass is 35.5. The highest BCUT2D eigenvalue weighted by molar-refractivity contribution is 6.33. The van der Waals surface area contributed by atoms with Crippen molar-refractivity contribution in [3.05, 3.63) is 58.1 Å². The van der Waals surface area contributed by atoms with Gasteiger partial charge in [0.05, 0.1) is 16.1 Å². The van der Waals surface area contributed by atoms with E-state index in [1.807, 2.05) is 42.5 Å². The lowest BCUT2D eigenvalue weighted by molar-refractivity contribution is -0.125. The summed E-state index contributed by atoms with van der Waals surface area (Å²) in [5.41, 5.74) is 1.85. The molecule has 0 unspecified atom stereocenters. The predicted molar refractivity (Wildman–Crippen MR) is 123 cm³/mol. The van der Waals surface area contributed by atoms with E-state index in [0.717, 1.165) is 37.4 Å². The average Bonchev–Trinajstić information content (AvgIpc) is 2.75. The van der Waals surface area contributed by atoms with Gasteiger partial charge in [-0.2, -0.15) is 0 Å². The molecule has 30 heavy (non-hydrogen) atoms. The Balaban J connectivity index is 1.56. The number of likely N-dealkylation sites (N-methyl/N-ethyl adjacent to an activating group) is 1. The summed E-state index contributed by atoms with van der Waals surface area (Å²) in [4.78, 5) is 18.1. The molecule has 4 rings (SSSR count). The van der Waals surface area contributed by atoms with E-state index in [1.54, 1.807) is 0 Å². The van der Waals surface area contributed by atoms with Crippen molar-refractivity contribution in [3.63, 3.8) is 0 Å². The molecule has 2 fully saturated rings. The number of anilines is 2. The fraction of sp³-hybridized carbons (Fsp3) is 0.435. The number of hydrogen-bond acceptors (Lipinski definition) is 4. The molecule has 2 aliphatic rings. The number of carbonyl (C=O) groups excluding carboxylic acids is 1. The maximum absolute atomic E-state index is 13.5. The number of halogens is 2. The van der Waals surface area contributed by atoms with Crippen LogP contribution in [-0.4, -0.2) is 57.2 Å². The number of hydrogen-bond donors (Lipinski definition) is 1. The molecule has 2 aromatic rings. The zero-order chi connectivity index (χ0) is 21.1. The lowest BCUT2D eigenvalue weighted by atomic mass is 9.73. The summed E-state index contributed by atoms with van der Waals surface area (Å²) in [6.45, 7) is 4.97. The Labute approximate surface area is 187 Å². The summed E-state index contributed by atoms with van der Waals surface area (Å²) in [7, 11) is 2.13. The number of amides is 1. The number of carbonyl (C=O) groups is 1. The Morgan fingerprint density at radius 3 is 2.37 bits per heavy atom. The molecule has 2 heterocycles. The molecule has 2 aliphatic heterocycles. The van der Waals surface area contributed by atoms with Crippen LogP contribution in [0, 0.1) is 0 Å². The Morgan fingerprint density at radius 1 is 1.00 bits per heavy atom. The van der Waals surface area contributed by atoms with Gasteiger partial charge in [0.25, 0.3) is 0 Å². The third kappa shape index (κ3) is 4.30. The summed E-state index contributed by atoms with van der Waals surface area (Å²) in [5, 5.41) is 4.35. The zero-order valence-corrected chi connectivity index (χ0v) is 18.7. The Morgan fingerprint density at radius 2 is 1.70 bits per heavy atom. The van der Waals surface area contributed by atoms with Gasteiger partial charge in [-0.3, -0.25) is 4.79 Å². The van der Waals surface area contributed by atoms with E-state index in [4.69, 9.17) is 27.9 Å². The Hall–Kier alpha value is -1.79. The van der Waals surface area contributed by atoms with Crippen molar-refractivity contribution in [2.75, 3.05) is 56.7 Å². The molecule has 2 saturated heterocycles. The van der Waals surface area contributed by atoms with Crippen molar-refractivity contribution in [2.45, 2.75) is 18.3 Å². The number of rotatable bonds is 4. The summed E-state index contributed by atoms with van der Waals surface area (Å²) >= 11 is 13.1. The van der Waals surface area contributed by atoms with Gasteiger partial charge >= 0.3 is 0 Å². The number of nitrogens with zero attached hydrogens (tertiary/aromatic N) is 2. The molecule has 0 radical (unpaired) electrons. The lowest BCUT2D eigenvalue weighted by Crippen LogP contribution is -2.45. The van der Waals surface area contributed by atoms with Gasteiger partial charge in [0.1, 0.15) is 0 Å². The van der Waals surface area contributed by atoms with Gasteiger partial charge in [-0.15, -0.1) is 0 Å². The minimum Gasteiger partial charge on any atom is -0.381 e. The summed E-state index contributed by atoms with van der Waals surface area (Å²) in [5.74, 6) is -0.0673. The van der Waals surface area contributed by atoms with Crippen LogP contribution in [0.5, 0.6) is 0 Å². The summed E-state index contributed by atoms with van der Waals surface area (Å²) in [6.07, 6.45) is 1.19. The molecule has 1 N–H and O–H groups in total. The fourth-order valence-electron chi connectivity index (χ4n) is 4.33. The molecule has 0 saturated carbocycles. The van der Waals surface area contributed by atoms with Gasteiger partial charge in [-0.1, -0.05) is 41.4 Å². The second kappa shape index (κ2) is 9.15. The van der Waals surface area contributed by atoms with Gasteiger partial charge in [-0.25, -0.2) is 0 Å². The van der Waals surface area contributed by atoms with E-state index in [0.29, 0.717) is 41.8 Å². The van der Waals surface area contributed by atoms with Crippen LogP contribution in [0.15, 0.2) is 42.5 Å². The van der Waals surface area contributed by atoms with Crippen molar-refractivity contribution >= 4 is 40.5 Å². The van der Waals surface area contributed by atoms with Gasteiger partial charge in [0.2, 0.25) is 5.91 Å². The summed E-state index contributed by atoms with van der Waals surface area (Å²) < 4.78 is 5.54. The molecule has 0 spiro atoms. The van der Waals surface area contributed by atoms with Gasteiger partial charge in [0, 0.05) is 50.1 Å². The number of ether oxygens (including phenoxy) is 1. The van der Waals surface area contributed by atoms with Crippen molar-refractivity contribution in [1.29, 1.82) is 0 Å². The smallest absolute Gasteiger partial charge is 0.235 e. The maximum atomic E-state index is 13.5. The molecular formula is C23H27Cl2N3O2. The van der Waals surface area contributed by atoms with E-state index in [2.05, 4.69) is 22.2 Å². The first-order valence-electron chi connectivity index (χ1n) is 10.4. The van der Waals surface area contributed by atoms with Crippen LogP contribution in [0.2, 0.25) is 10.0 Å². The van der Waals surface area contributed by atoms with Crippen molar-refractivity contribution in [1.82, 2.24) is 4.90 Å². The molecule has 0 aromatic heterocycles. The van der Waals surface area contributed by atoms with Gasteiger partial charge in [0.15, 0.2) is 0 Å². The lowest BCUT2D eigenvalue weighted by Gasteiger charge is -2.37. The minimum atomic E-state index is -0.709. The molecule has 0 bridgehead atoms. The second-order valence-electron chi connectivity index (χ2n) is 8.08. The second-order valence-corrected chi connectivity index (χ2v) is 8.90. The van der Waals surface area contributed by atoms with E-state index < -0.39 is 5.41 Å². The molecule has 5 nitrogen and oxygen atoms in total. The fourth-order valence-corrected chi connectivity index (χ4v) is 4.94. The van der Waals surface area contributed by atoms with Gasteiger partial charge < -0.3 is 19.9 Å². The minimum absolute atomic E-state index is 0.0673. The van der Waals surface area contributed by atoms with Crippen LogP contribution in [0.1, 0.15) is 18.4 Å². The summed E-state index contributed by atoms with van der Waals surface area (Å²) in [6, 6.07) is 13.3. The van der Waals surface area contributed by atoms with Crippen molar-refractivity contribution in [2.24, 2.45) is 0 Å². The first-order chi connectivity index (χ1) is 14.5. The molecule has 0 aliphatic carbocycles. The maximum Gasteiger partial charge on any atom is 0.235 e. The van der Waals surface area contributed by atoms with Crippen molar-refractivity contribution in [3.8, 4) is 0 Å². The number of nitrogens with one attached hydrogen (secondary N) is 1. The van der Waals surface area contributed by atoms with Crippen LogP contribution >= 0.6 is 23.2 Å². The molecule has 2 aromatic carbocycles. The third-order valence-electron chi connectivity index (χ3n) is 6.22. The van der Waals surface area contributed by atoms with E-state index in [1.165, 1.54) is 0 Å². The molecule has 7 heteroatoms. The zero-order valence-electron chi connectivity index (χ0n) is 17.2. The van der Waals surface area contributed by atoms with Crippen molar-refractivity contribution < 1.29 is 9.53 Å². The van der Waals surface area contributed by atoms with Crippen LogP contribution in [0.4, 0.5) is 11.4 Å². The molecular weight excluding hydrogens is 421 g/mol. The molecule has 0 atom stereocenters. The standard InChI is InChI=1S/C23H27Cl2N3O2/c1-27-10-12-28(13-11-27)21-7-6-17(16-20(21)25)26-22(29)23(8-14-30-15-9-23)18-4-2-3-5-19(18)24/h2-7,16H,8-15H2,1H3,(H,26,29). The van der Waals surface area contributed by atoms with E-state index >= 15 is 0 Å². The molecule has 1 amide bonds. The number of piperazine rings is 1. The largest absolute Gasteiger partial charge is 0.381 e. The van der Waals surface area contributed by atoms with E-state index in [9.17, 15) is 4.79 Å². The Bertz CT molecular complexity index is 907. The van der Waals surface area contributed by atoms with Crippen LogP contribution < -0.4 is 10.2 Å². The van der Waals surface area contributed by atoms with E-state index in [-0.39, 0.29) is 5.91 Å². The average molecular weight is 448 g/mol. The Kier molecular flexibility index (Phi) is 6.54. The van der Waals surface area contributed by atoms with Gasteiger partial charge in [-0.05, 0) is 49.7 Å². The SMILES string of the molecule is CN1CCN(c2ccc(NC(=O)C3(c4ccccc4Cl)CCOCC3)cc2Cl)CC1. The highest BCUT2D eigenvalue weighted by Crippen LogP contribution is 2.40. The first-order valence-corrected chi connectivity index (χ1v) is 11.1.